The highest BCUT2D eigenvalue weighted by atomic mass is 16.3. The van der Waals surface area contributed by atoms with Crippen LogP contribution in [0.3, 0.4) is 0 Å². The number of Topliss-reactive ketones (excluding diaryl/α,β-unsaturated/α-hetero) is 1. The Labute approximate surface area is 148 Å². The molecule has 0 aliphatic heterocycles. The first kappa shape index (κ1) is 17.5. The number of fused-ring (bicyclic) bond motifs is 1. The minimum absolute atomic E-state index is 0.0409. The number of aryl methyl sites for hydroxylation is 1. The Hall–Kier alpha value is -2.36. The Balaban J connectivity index is 1.83. The number of hydrogen-bond acceptors (Lipinski definition) is 3. The number of aliphatic hydroxyl groups is 1. The molecular formula is C21H26N2O2. The predicted octanol–water partition coefficient (Wildman–Crippen LogP) is 4.83. The zero-order valence-corrected chi connectivity index (χ0v) is 15.1. The largest absolute Gasteiger partial charge is 0.511 e. The fourth-order valence-electron chi connectivity index (χ4n) is 3.63. The van der Waals surface area contributed by atoms with Gasteiger partial charge in [0.2, 0.25) is 0 Å². The molecule has 0 bridgehead atoms. The number of carbonyl (C=O) groups excluding carboxylic acids is 1. The third-order valence-corrected chi connectivity index (χ3v) is 4.85. The van der Waals surface area contributed by atoms with Crippen molar-refractivity contribution in [2.24, 2.45) is 4.99 Å². The van der Waals surface area contributed by atoms with E-state index in [4.69, 9.17) is 4.99 Å². The van der Waals surface area contributed by atoms with E-state index in [-0.39, 0.29) is 11.5 Å². The second-order valence-electron chi connectivity index (χ2n) is 6.70. The molecule has 0 amide bonds. The molecule has 4 nitrogen and oxygen atoms in total. The number of aromatic amines is 1. The average molecular weight is 338 g/mol. The number of para-hydroxylation sites is 1. The van der Waals surface area contributed by atoms with Crippen molar-refractivity contribution in [1.82, 2.24) is 4.98 Å². The number of allylic oxidation sites excluding steroid dienone is 2. The Morgan fingerprint density at radius 1 is 1.28 bits per heavy atom. The number of hydrogen-bond donors (Lipinski definition) is 2. The van der Waals surface area contributed by atoms with Crippen molar-refractivity contribution in [3.8, 4) is 0 Å². The standard InChI is InChI=1S/C21H26N2O2/c1-3-7-18(21-19(24)10-6-11-20(21)25)22-13-12-15-14(2)23-17-9-5-4-8-16(15)17/h4-5,8-9,23-24H,3,6-7,10-13H2,1-2H3. The van der Waals surface area contributed by atoms with Gasteiger partial charge in [-0.2, -0.15) is 0 Å². The second kappa shape index (κ2) is 7.68. The van der Waals surface area contributed by atoms with Crippen LogP contribution in [0.2, 0.25) is 0 Å². The third-order valence-electron chi connectivity index (χ3n) is 4.85. The molecule has 1 aliphatic rings. The molecule has 0 unspecified atom stereocenters. The molecule has 4 heteroatoms. The van der Waals surface area contributed by atoms with E-state index >= 15 is 0 Å². The summed E-state index contributed by atoms with van der Waals surface area (Å²) in [4.78, 5) is 20.4. The number of rotatable bonds is 6. The SMILES string of the molecule is CCCC(=NCCc1c(C)[nH]c2ccccc12)C1=C(O)CCCC1=O. The van der Waals surface area contributed by atoms with E-state index in [2.05, 4.69) is 37.0 Å². The molecule has 1 aromatic heterocycles. The lowest BCUT2D eigenvalue weighted by atomic mass is 9.91. The van der Waals surface area contributed by atoms with Gasteiger partial charge in [-0.25, -0.2) is 0 Å². The van der Waals surface area contributed by atoms with E-state index < -0.39 is 0 Å². The van der Waals surface area contributed by atoms with E-state index in [0.29, 0.717) is 25.0 Å². The Morgan fingerprint density at radius 3 is 2.84 bits per heavy atom. The fourth-order valence-corrected chi connectivity index (χ4v) is 3.63. The van der Waals surface area contributed by atoms with Crippen LogP contribution in [0.15, 0.2) is 40.6 Å². The summed E-state index contributed by atoms with van der Waals surface area (Å²) in [5, 5.41) is 11.4. The van der Waals surface area contributed by atoms with Crippen LogP contribution < -0.4 is 0 Å². The molecule has 0 radical (unpaired) electrons. The zero-order valence-electron chi connectivity index (χ0n) is 15.1. The van der Waals surface area contributed by atoms with Crippen LogP contribution in [0.25, 0.3) is 10.9 Å². The topological polar surface area (TPSA) is 65.4 Å². The van der Waals surface area contributed by atoms with Crippen LogP contribution in [0.1, 0.15) is 50.3 Å². The summed E-state index contributed by atoms with van der Waals surface area (Å²) < 4.78 is 0. The van der Waals surface area contributed by atoms with Gasteiger partial charge < -0.3 is 10.1 Å². The summed E-state index contributed by atoms with van der Waals surface area (Å²) in [6, 6.07) is 8.29. The van der Waals surface area contributed by atoms with Crippen LogP contribution in [0.4, 0.5) is 0 Å². The number of aromatic nitrogens is 1. The van der Waals surface area contributed by atoms with Gasteiger partial charge in [-0.1, -0.05) is 31.5 Å². The highest BCUT2D eigenvalue weighted by Gasteiger charge is 2.24. The van der Waals surface area contributed by atoms with Crippen LogP contribution in [0.5, 0.6) is 0 Å². The first-order valence-corrected chi connectivity index (χ1v) is 9.17. The van der Waals surface area contributed by atoms with Gasteiger partial charge in [-0.05, 0) is 37.8 Å². The quantitative estimate of drug-likeness (QED) is 0.741. The van der Waals surface area contributed by atoms with E-state index in [1.54, 1.807) is 0 Å². The van der Waals surface area contributed by atoms with Crippen LogP contribution in [0, 0.1) is 6.92 Å². The van der Waals surface area contributed by atoms with E-state index in [1.165, 1.54) is 16.6 Å². The van der Waals surface area contributed by atoms with E-state index in [9.17, 15) is 9.90 Å². The maximum absolute atomic E-state index is 12.2. The van der Waals surface area contributed by atoms with Gasteiger partial charge in [0.25, 0.3) is 0 Å². The molecule has 3 rings (SSSR count). The summed E-state index contributed by atoms with van der Waals surface area (Å²) in [5.74, 6) is 0.269. The molecule has 1 aromatic carbocycles. The van der Waals surface area contributed by atoms with Crippen LogP contribution in [-0.2, 0) is 11.2 Å². The van der Waals surface area contributed by atoms with Crippen LogP contribution in [-0.4, -0.2) is 28.1 Å². The first-order chi connectivity index (χ1) is 12.1. The van der Waals surface area contributed by atoms with Gasteiger partial charge >= 0.3 is 0 Å². The number of nitrogens with one attached hydrogen (secondary N) is 1. The molecular weight excluding hydrogens is 312 g/mol. The molecule has 1 heterocycles. The number of aliphatic imine (C=N–C) groups is 1. The lowest BCUT2D eigenvalue weighted by molar-refractivity contribution is -0.115. The minimum atomic E-state index is 0.0409. The molecule has 132 valence electrons. The van der Waals surface area contributed by atoms with E-state index in [0.717, 1.165) is 36.9 Å². The maximum Gasteiger partial charge on any atom is 0.168 e. The zero-order chi connectivity index (χ0) is 17.8. The highest BCUT2D eigenvalue weighted by molar-refractivity contribution is 6.23. The summed E-state index contributed by atoms with van der Waals surface area (Å²) in [5.41, 5.74) is 4.87. The highest BCUT2D eigenvalue weighted by Crippen LogP contribution is 2.24. The predicted molar refractivity (Wildman–Crippen MR) is 102 cm³/mol. The van der Waals surface area contributed by atoms with Gasteiger partial charge in [0, 0.05) is 41.7 Å². The summed E-state index contributed by atoms with van der Waals surface area (Å²) >= 11 is 0. The lowest BCUT2D eigenvalue weighted by Gasteiger charge is -2.17. The van der Waals surface area contributed by atoms with E-state index in [1.807, 2.05) is 6.07 Å². The Morgan fingerprint density at radius 2 is 2.08 bits per heavy atom. The number of carbonyl (C=O) groups is 1. The first-order valence-electron chi connectivity index (χ1n) is 9.17. The number of ketones is 1. The normalized spacial score (nSPS) is 16.1. The average Bonchev–Trinajstić information content (AvgIpc) is 2.90. The van der Waals surface area contributed by atoms with Crippen molar-refractivity contribution < 1.29 is 9.90 Å². The van der Waals surface area contributed by atoms with Crippen molar-refractivity contribution in [1.29, 1.82) is 0 Å². The molecule has 0 fully saturated rings. The summed E-state index contributed by atoms with van der Waals surface area (Å²) in [6.45, 7) is 4.79. The van der Waals surface area contributed by atoms with Crippen molar-refractivity contribution in [3.05, 3.63) is 46.9 Å². The van der Waals surface area contributed by atoms with Gasteiger partial charge in [0.1, 0.15) is 5.76 Å². The molecule has 0 atom stereocenters. The molecule has 2 aromatic rings. The van der Waals surface area contributed by atoms with Crippen LogP contribution >= 0.6 is 0 Å². The summed E-state index contributed by atoms with van der Waals surface area (Å²) in [7, 11) is 0. The number of H-pyrrole nitrogens is 1. The molecule has 1 aliphatic carbocycles. The number of nitrogens with zero attached hydrogens (tertiary/aromatic N) is 1. The maximum atomic E-state index is 12.2. The number of aliphatic hydroxyl groups excluding tert-OH is 1. The van der Waals surface area contributed by atoms with Crippen molar-refractivity contribution in [2.45, 2.75) is 52.4 Å². The van der Waals surface area contributed by atoms with Gasteiger partial charge in [-0.3, -0.25) is 9.79 Å². The molecule has 0 saturated heterocycles. The summed E-state index contributed by atoms with van der Waals surface area (Å²) in [6.07, 6.45) is 4.31. The lowest BCUT2D eigenvalue weighted by Crippen LogP contribution is -2.20. The molecule has 25 heavy (non-hydrogen) atoms. The molecule has 2 N–H and O–H groups in total. The molecule has 0 saturated carbocycles. The van der Waals surface area contributed by atoms with Crippen molar-refractivity contribution in [3.63, 3.8) is 0 Å². The van der Waals surface area contributed by atoms with Gasteiger partial charge in [0.15, 0.2) is 5.78 Å². The Kier molecular flexibility index (Phi) is 5.37. The monoisotopic (exact) mass is 338 g/mol. The smallest absolute Gasteiger partial charge is 0.168 e. The van der Waals surface area contributed by atoms with Gasteiger partial charge in [-0.15, -0.1) is 0 Å². The van der Waals surface area contributed by atoms with Gasteiger partial charge in [0.05, 0.1) is 5.57 Å². The fraction of sp³-hybridized carbons (Fsp3) is 0.429. The van der Waals surface area contributed by atoms with Crippen molar-refractivity contribution >= 4 is 22.4 Å². The second-order valence-corrected chi connectivity index (χ2v) is 6.70. The van der Waals surface area contributed by atoms with Crippen molar-refractivity contribution in [2.75, 3.05) is 6.54 Å². The Bertz CT molecular complexity index is 843. The number of benzene rings is 1. The third kappa shape index (κ3) is 3.68. The molecule has 0 spiro atoms. The minimum Gasteiger partial charge on any atom is -0.511 e.